The minimum Gasteiger partial charge on any atom is -0.357 e. The van der Waals surface area contributed by atoms with Gasteiger partial charge in [-0.15, -0.1) is 0 Å². The molecule has 0 unspecified atom stereocenters. The first-order valence-corrected chi connectivity index (χ1v) is 5.34. The fourth-order valence-corrected chi connectivity index (χ4v) is 1.65. The summed E-state index contributed by atoms with van der Waals surface area (Å²) in [5, 5.41) is 0. The van der Waals surface area contributed by atoms with Crippen LogP contribution in [0.15, 0.2) is 29.9 Å². The van der Waals surface area contributed by atoms with Crippen molar-refractivity contribution in [2.45, 2.75) is 26.7 Å². The third-order valence-electron chi connectivity index (χ3n) is 2.65. The average Bonchev–Trinajstić information content (AvgIpc) is 2.21. The Morgan fingerprint density at radius 3 is 2.57 bits per heavy atom. The molecule has 1 heterocycles. The Balaban J connectivity index is 2.57. The summed E-state index contributed by atoms with van der Waals surface area (Å²) in [5.41, 5.74) is 0. The molecule has 0 saturated carbocycles. The van der Waals surface area contributed by atoms with Crippen LogP contribution in [0, 0.1) is 5.92 Å². The van der Waals surface area contributed by atoms with Gasteiger partial charge in [0.25, 0.3) is 0 Å². The molecule has 14 heavy (non-hydrogen) atoms. The Bertz CT molecular complexity index is 233. The lowest BCUT2D eigenvalue weighted by Gasteiger charge is -2.31. The number of hydrogen-bond acceptors (Lipinski definition) is 1. The fraction of sp³-hybridized carbons (Fsp3) is 0.583. The largest absolute Gasteiger partial charge is 0.357 e. The smallest absolute Gasteiger partial charge is 0.127 e. The van der Waals surface area contributed by atoms with Crippen LogP contribution in [0.5, 0.6) is 0 Å². The van der Waals surface area contributed by atoms with E-state index in [4.69, 9.17) is 0 Å². The average molecular weight is 192 g/mol. The van der Waals surface area contributed by atoms with Gasteiger partial charge < -0.3 is 4.90 Å². The molecule has 2 heteroatoms. The zero-order valence-electron chi connectivity index (χ0n) is 9.24. The number of hydrogen-bond donors (Lipinski definition) is 0. The van der Waals surface area contributed by atoms with E-state index in [1.54, 1.807) is 0 Å². The summed E-state index contributed by atoms with van der Waals surface area (Å²) in [4.78, 5) is 6.67. The van der Waals surface area contributed by atoms with Crippen molar-refractivity contribution in [3.63, 3.8) is 0 Å². The van der Waals surface area contributed by atoms with Gasteiger partial charge in [0, 0.05) is 19.3 Å². The second-order valence-corrected chi connectivity index (χ2v) is 3.84. The normalized spacial score (nSPS) is 20.4. The van der Waals surface area contributed by atoms with Gasteiger partial charge in [0.2, 0.25) is 0 Å². The first-order valence-electron chi connectivity index (χ1n) is 5.34. The van der Waals surface area contributed by atoms with Gasteiger partial charge in [0.15, 0.2) is 0 Å². The molecule has 78 valence electrons. The van der Waals surface area contributed by atoms with Gasteiger partial charge >= 0.3 is 0 Å². The van der Waals surface area contributed by atoms with E-state index in [1.807, 2.05) is 25.3 Å². The molecule has 1 saturated heterocycles. The molecule has 0 radical (unpaired) electrons. The van der Waals surface area contributed by atoms with Crippen LogP contribution in [0.25, 0.3) is 0 Å². The van der Waals surface area contributed by atoms with Crippen molar-refractivity contribution < 1.29 is 0 Å². The molecule has 0 aromatic heterocycles. The van der Waals surface area contributed by atoms with Crippen LogP contribution in [0.4, 0.5) is 0 Å². The highest BCUT2D eigenvalue weighted by atomic mass is 15.2. The Labute approximate surface area is 87.0 Å². The lowest BCUT2D eigenvalue weighted by atomic mass is 9.99. The Morgan fingerprint density at radius 1 is 1.43 bits per heavy atom. The molecule has 0 aromatic rings. The molecule has 0 N–H and O–H groups in total. The van der Waals surface area contributed by atoms with Crippen molar-refractivity contribution in [1.82, 2.24) is 4.90 Å². The summed E-state index contributed by atoms with van der Waals surface area (Å²) >= 11 is 0. The molecule has 2 nitrogen and oxygen atoms in total. The monoisotopic (exact) mass is 192 g/mol. The fourth-order valence-electron chi connectivity index (χ4n) is 1.65. The Kier molecular flexibility index (Phi) is 4.44. The van der Waals surface area contributed by atoms with Crippen molar-refractivity contribution >= 4 is 5.84 Å². The zero-order valence-corrected chi connectivity index (χ0v) is 9.24. The number of likely N-dealkylation sites (tertiary alicyclic amines) is 1. The van der Waals surface area contributed by atoms with Gasteiger partial charge in [-0.1, -0.05) is 19.6 Å². The third-order valence-corrected chi connectivity index (χ3v) is 2.65. The second kappa shape index (κ2) is 5.63. The number of allylic oxidation sites excluding steroid dienone is 1. The predicted molar refractivity (Wildman–Crippen MR) is 62.4 cm³/mol. The van der Waals surface area contributed by atoms with Crippen LogP contribution in [0.3, 0.4) is 0 Å². The van der Waals surface area contributed by atoms with Gasteiger partial charge in [0.05, 0.1) is 0 Å². The topological polar surface area (TPSA) is 15.6 Å². The SMILES string of the molecule is C=CC(=N/C=C\C)N1CCC(C)CC1. The van der Waals surface area contributed by atoms with Crippen molar-refractivity contribution in [2.24, 2.45) is 10.9 Å². The molecule has 1 aliphatic heterocycles. The Morgan fingerprint density at radius 2 is 2.07 bits per heavy atom. The van der Waals surface area contributed by atoms with Crippen molar-refractivity contribution in [1.29, 1.82) is 0 Å². The minimum atomic E-state index is 0.860. The first kappa shape index (κ1) is 11.0. The van der Waals surface area contributed by atoms with E-state index >= 15 is 0 Å². The van der Waals surface area contributed by atoms with E-state index in [0.717, 1.165) is 24.8 Å². The molecule has 0 bridgehead atoms. The van der Waals surface area contributed by atoms with Crippen LogP contribution in [0.2, 0.25) is 0 Å². The third kappa shape index (κ3) is 3.02. The number of piperidine rings is 1. The lowest BCUT2D eigenvalue weighted by Crippen LogP contribution is -2.36. The minimum absolute atomic E-state index is 0.860. The van der Waals surface area contributed by atoms with Gasteiger partial charge in [-0.05, 0) is 31.8 Å². The first-order chi connectivity index (χ1) is 6.77. The van der Waals surface area contributed by atoms with Crippen molar-refractivity contribution in [3.8, 4) is 0 Å². The summed E-state index contributed by atoms with van der Waals surface area (Å²) < 4.78 is 0. The molecule has 0 aromatic carbocycles. The van der Waals surface area contributed by atoms with Crippen LogP contribution < -0.4 is 0 Å². The van der Waals surface area contributed by atoms with Crippen LogP contribution in [-0.4, -0.2) is 23.8 Å². The van der Waals surface area contributed by atoms with E-state index in [2.05, 4.69) is 23.4 Å². The standard InChI is InChI=1S/C12H20N2/c1-4-8-13-12(5-2)14-9-6-11(3)7-10-14/h4-5,8,11H,2,6-7,9-10H2,1,3H3/b8-4-,13-12?. The highest BCUT2D eigenvalue weighted by molar-refractivity contribution is 5.92. The molecule has 1 aliphatic rings. The van der Waals surface area contributed by atoms with Gasteiger partial charge in [-0.2, -0.15) is 0 Å². The molecule has 1 rings (SSSR count). The Hall–Kier alpha value is -1.05. The maximum Gasteiger partial charge on any atom is 0.127 e. The maximum atomic E-state index is 4.35. The highest BCUT2D eigenvalue weighted by Crippen LogP contribution is 2.16. The van der Waals surface area contributed by atoms with E-state index in [0.29, 0.717) is 0 Å². The van der Waals surface area contributed by atoms with E-state index in [9.17, 15) is 0 Å². The maximum absolute atomic E-state index is 4.35. The molecule has 0 spiro atoms. The number of aliphatic imine (C=N–C) groups is 1. The van der Waals surface area contributed by atoms with Gasteiger partial charge in [-0.3, -0.25) is 0 Å². The molecular formula is C12H20N2. The summed E-state index contributed by atoms with van der Waals surface area (Å²) in [5.74, 6) is 1.87. The number of nitrogens with zero attached hydrogens (tertiary/aromatic N) is 2. The van der Waals surface area contributed by atoms with Crippen LogP contribution in [0.1, 0.15) is 26.7 Å². The molecule has 0 amide bonds. The number of amidine groups is 1. The van der Waals surface area contributed by atoms with E-state index in [-0.39, 0.29) is 0 Å². The molecular weight excluding hydrogens is 172 g/mol. The van der Waals surface area contributed by atoms with Crippen LogP contribution in [-0.2, 0) is 0 Å². The van der Waals surface area contributed by atoms with Crippen molar-refractivity contribution in [2.75, 3.05) is 13.1 Å². The molecule has 1 fully saturated rings. The second-order valence-electron chi connectivity index (χ2n) is 3.84. The summed E-state index contributed by atoms with van der Waals surface area (Å²) in [6.45, 7) is 10.3. The quantitative estimate of drug-likeness (QED) is 0.485. The van der Waals surface area contributed by atoms with E-state index < -0.39 is 0 Å². The van der Waals surface area contributed by atoms with Crippen LogP contribution >= 0.6 is 0 Å². The summed E-state index contributed by atoms with van der Waals surface area (Å²) in [6, 6.07) is 0. The predicted octanol–water partition coefficient (Wildman–Crippen LogP) is 2.84. The van der Waals surface area contributed by atoms with Crippen molar-refractivity contribution in [3.05, 3.63) is 24.9 Å². The summed E-state index contributed by atoms with van der Waals surface area (Å²) in [7, 11) is 0. The van der Waals surface area contributed by atoms with Gasteiger partial charge in [-0.25, -0.2) is 4.99 Å². The molecule has 0 atom stereocenters. The molecule has 0 aliphatic carbocycles. The zero-order chi connectivity index (χ0) is 10.4. The lowest BCUT2D eigenvalue weighted by molar-refractivity contribution is 0.281. The summed E-state index contributed by atoms with van der Waals surface area (Å²) in [6.07, 6.45) is 8.15. The van der Waals surface area contributed by atoms with Gasteiger partial charge in [0.1, 0.15) is 5.84 Å². The highest BCUT2D eigenvalue weighted by Gasteiger charge is 2.16. The van der Waals surface area contributed by atoms with E-state index in [1.165, 1.54) is 12.8 Å². The number of rotatable bonds is 2.